The average molecular weight is 298 g/mol. The molecule has 0 amide bonds. The summed E-state index contributed by atoms with van der Waals surface area (Å²) in [5.74, 6) is -4.73. The molecule has 0 aromatic heterocycles. The van der Waals surface area contributed by atoms with Gasteiger partial charge in [-0.05, 0) is 25.2 Å². The summed E-state index contributed by atoms with van der Waals surface area (Å²) in [6.45, 7) is -0.286. The van der Waals surface area contributed by atoms with Crippen LogP contribution in [0.25, 0.3) is 0 Å². The van der Waals surface area contributed by atoms with Crippen molar-refractivity contribution in [3.63, 3.8) is 0 Å². The number of benzene rings is 1. The van der Waals surface area contributed by atoms with Gasteiger partial charge in [0, 0.05) is 18.3 Å². The SMILES string of the molecule is CN1CC(C2(N)c3cc(F)ccc3N=CC2N)C(F)(F)C1. The smallest absolute Gasteiger partial charge is 0.266 e. The number of hydrogen-bond acceptors (Lipinski definition) is 4. The second-order valence-electron chi connectivity index (χ2n) is 5.91. The van der Waals surface area contributed by atoms with Gasteiger partial charge >= 0.3 is 0 Å². The first-order valence-electron chi connectivity index (χ1n) is 6.70. The lowest BCUT2D eigenvalue weighted by Crippen LogP contribution is -2.63. The highest BCUT2D eigenvalue weighted by Gasteiger charge is 2.59. The first-order valence-corrected chi connectivity index (χ1v) is 6.70. The lowest BCUT2D eigenvalue weighted by molar-refractivity contribution is -0.0555. The van der Waals surface area contributed by atoms with Crippen molar-refractivity contribution in [1.29, 1.82) is 0 Å². The molecule has 3 unspecified atom stereocenters. The Labute approximate surface area is 120 Å². The Kier molecular flexibility index (Phi) is 3.12. The number of nitrogens with two attached hydrogens (primary N) is 2. The quantitative estimate of drug-likeness (QED) is 0.819. The van der Waals surface area contributed by atoms with Gasteiger partial charge in [-0.15, -0.1) is 0 Å². The molecular weight excluding hydrogens is 281 g/mol. The van der Waals surface area contributed by atoms with E-state index in [1.807, 2.05) is 0 Å². The van der Waals surface area contributed by atoms with Crippen molar-refractivity contribution in [2.45, 2.75) is 17.5 Å². The van der Waals surface area contributed by atoms with Gasteiger partial charge in [-0.3, -0.25) is 9.89 Å². The van der Waals surface area contributed by atoms with Gasteiger partial charge in [0.1, 0.15) is 5.82 Å². The van der Waals surface area contributed by atoms with Gasteiger partial charge in [-0.25, -0.2) is 13.2 Å². The van der Waals surface area contributed by atoms with E-state index in [-0.39, 0.29) is 18.7 Å². The fourth-order valence-corrected chi connectivity index (χ4v) is 3.33. The fraction of sp³-hybridized carbons (Fsp3) is 0.500. The van der Waals surface area contributed by atoms with Crippen molar-refractivity contribution >= 4 is 11.9 Å². The first kappa shape index (κ1) is 14.5. The predicted molar refractivity (Wildman–Crippen MR) is 74.3 cm³/mol. The lowest BCUT2D eigenvalue weighted by atomic mass is 9.70. The molecule has 2 aliphatic rings. The van der Waals surface area contributed by atoms with Crippen LogP contribution in [0.3, 0.4) is 0 Å². The summed E-state index contributed by atoms with van der Waals surface area (Å²) in [7, 11) is 1.60. The van der Waals surface area contributed by atoms with Gasteiger partial charge < -0.3 is 11.5 Å². The normalized spacial score (nSPS) is 35.0. The van der Waals surface area contributed by atoms with Crippen LogP contribution < -0.4 is 11.5 Å². The third kappa shape index (κ3) is 2.07. The third-order valence-corrected chi connectivity index (χ3v) is 4.41. The summed E-state index contributed by atoms with van der Waals surface area (Å²) >= 11 is 0. The van der Waals surface area contributed by atoms with E-state index in [0.717, 1.165) is 0 Å². The molecule has 2 aliphatic heterocycles. The largest absolute Gasteiger partial charge is 0.321 e. The van der Waals surface area contributed by atoms with Crippen LogP contribution in [0.5, 0.6) is 0 Å². The van der Waals surface area contributed by atoms with Crippen molar-refractivity contribution in [2.75, 3.05) is 20.1 Å². The lowest BCUT2D eigenvalue weighted by Gasteiger charge is -2.43. The molecule has 3 atom stereocenters. The molecular formula is C14H17F3N4. The molecule has 3 rings (SSSR count). The Morgan fingerprint density at radius 2 is 2.10 bits per heavy atom. The van der Waals surface area contributed by atoms with E-state index in [2.05, 4.69) is 4.99 Å². The Morgan fingerprint density at radius 3 is 2.71 bits per heavy atom. The maximum Gasteiger partial charge on any atom is 0.266 e. The molecule has 4 nitrogen and oxygen atoms in total. The zero-order valence-electron chi connectivity index (χ0n) is 11.6. The number of aliphatic imine (C=N–C) groups is 1. The number of alkyl halides is 2. The van der Waals surface area contributed by atoms with E-state index < -0.39 is 29.2 Å². The number of likely N-dealkylation sites (tertiary alicyclic amines) is 1. The van der Waals surface area contributed by atoms with E-state index in [1.54, 1.807) is 7.05 Å². The molecule has 0 spiro atoms. The summed E-state index contributed by atoms with van der Waals surface area (Å²) in [5.41, 5.74) is 11.4. The molecule has 0 radical (unpaired) electrons. The zero-order valence-corrected chi connectivity index (χ0v) is 11.6. The molecule has 1 aromatic carbocycles. The minimum Gasteiger partial charge on any atom is -0.321 e. The van der Waals surface area contributed by atoms with Crippen LogP contribution in [-0.2, 0) is 5.54 Å². The van der Waals surface area contributed by atoms with Crippen LogP contribution in [0.2, 0.25) is 0 Å². The first-order chi connectivity index (χ1) is 9.75. The fourth-order valence-electron chi connectivity index (χ4n) is 3.33. The van der Waals surface area contributed by atoms with Crippen molar-refractivity contribution in [1.82, 2.24) is 4.90 Å². The second kappa shape index (κ2) is 4.53. The Bertz CT molecular complexity index is 604. The van der Waals surface area contributed by atoms with Crippen molar-refractivity contribution in [2.24, 2.45) is 22.4 Å². The minimum atomic E-state index is -2.99. The van der Waals surface area contributed by atoms with Gasteiger partial charge in [0.2, 0.25) is 0 Å². The molecule has 4 N–H and O–H groups in total. The van der Waals surface area contributed by atoms with Crippen LogP contribution >= 0.6 is 0 Å². The van der Waals surface area contributed by atoms with E-state index in [1.165, 1.54) is 29.3 Å². The molecule has 2 heterocycles. The standard InChI is InChI=1S/C14H17F3N4/c1-21-6-11(13(16,17)7-21)14(19)9-4-8(15)2-3-10(9)20-5-12(14)18/h2-5,11-12H,6-7,18-19H2,1H3. The molecule has 0 aliphatic carbocycles. The monoisotopic (exact) mass is 298 g/mol. The number of fused-ring (bicyclic) bond motifs is 1. The van der Waals surface area contributed by atoms with E-state index >= 15 is 0 Å². The van der Waals surface area contributed by atoms with Gasteiger partial charge in [0.25, 0.3) is 5.92 Å². The molecule has 21 heavy (non-hydrogen) atoms. The maximum atomic E-state index is 14.3. The Hall–Kier alpha value is -1.44. The highest BCUT2D eigenvalue weighted by atomic mass is 19.3. The second-order valence-corrected chi connectivity index (χ2v) is 5.91. The number of hydrogen-bond donors (Lipinski definition) is 2. The van der Waals surface area contributed by atoms with Crippen LogP contribution in [0.1, 0.15) is 5.56 Å². The molecule has 1 aromatic rings. The Morgan fingerprint density at radius 1 is 1.38 bits per heavy atom. The van der Waals surface area contributed by atoms with Gasteiger partial charge in [-0.2, -0.15) is 0 Å². The minimum absolute atomic E-state index is 0.0982. The van der Waals surface area contributed by atoms with Crippen molar-refractivity contribution in [3.05, 3.63) is 29.6 Å². The summed E-state index contributed by atoms with van der Waals surface area (Å²) in [5, 5.41) is 0. The molecule has 0 saturated carbocycles. The predicted octanol–water partition coefficient (Wildman–Crippen LogP) is 1.22. The highest BCUT2D eigenvalue weighted by molar-refractivity contribution is 5.77. The van der Waals surface area contributed by atoms with Crippen LogP contribution in [0.4, 0.5) is 18.9 Å². The topological polar surface area (TPSA) is 67.6 Å². The van der Waals surface area contributed by atoms with Crippen LogP contribution in [0.15, 0.2) is 23.2 Å². The van der Waals surface area contributed by atoms with Gasteiger partial charge in [0.15, 0.2) is 0 Å². The number of nitrogens with zero attached hydrogens (tertiary/aromatic N) is 2. The summed E-state index contributed by atoms with van der Waals surface area (Å²) in [6, 6.07) is 2.94. The maximum absolute atomic E-state index is 14.3. The van der Waals surface area contributed by atoms with Crippen LogP contribution in [0, 0.1) is 11.7 Å². The van der Waals surface area contributed by atoms with E-state index in [4.69, 9.17) is 11.5 Å². The zero-order chi connectivity index (χ0) is 15.4. The summed E-state index contributed by atoms with van der Waals surface area (Å²) < 4.78 is 42.3. The van der Waals surface area contributed by atoms with Crippen LogP contribution in [-0.4, -0.2) is 43.2 Å². The summed E-state index contributed by atoms with van der Waals surface area (Å²) in [4.78, 5) is 5.60. The van der Waals surface area contributed by atoms with E-state index in [0.29, 0.717) is 5.69 Å². The van der Waals surface area contributed by atoms with Gasteiger partial charge in [-0.1, -0.05) is 0 Å². The summed E-state index contributed by atoms with van der Waals surface area (Å²) in [6.07, 6.45) is 1.37. The molecule has 1 fully saturated rings. The Balaban J connectivity index is 2.16. The third-order valence-electron chi connectivity index (χ3n) is 4.41. The highest BCUT2D eigenvalue weighted by Crippen LogP contribution is 2.47. The molecule has 0 bridgehead atoms. The molecule has 1 saturated heterocycles. The van der Waals surface area contributed by atoms with Gasteiger partial charge in [0.05, 0.1) is 29.7 Å². The number of halogens is 3. The molecule has 7 heteroatoms. The van der Waals surface area contributed by atoms with Crippen molar-refractivity contribution < 1.29 is 13.2 Å². The average Bonchev–Trinajstić information content (AvgIpc) is 2.68. The van der Waals surface area contributed by atoms with E-state index in [9.17, 15) is 13.2 Å². The number of rotatable bonds is 1. The molecule has 114 valence electrons. The van der Waals surface area contributed by atoms with Crippen molar-refractivity contribution in [3.8, 4) is 0 Å².